The number of fused-ring (bicyclic) bond motifs is 2. The van der Waals surface area contributed by atoms with Crippen molar-refractivity contribution in [3.05, 3.63) is 0 Å². The number of hydrogen-bond acceptors (Lipinski definition) is 3. The first-order valence-corrected chi connectivity index (χ1v) is 6.51. The Bertz CT molecular complexity index is 452. The van der Waals surface area contributed by atoms with Crippen molar-refractivity contribution in [1.82, 2.24) is 5.32 Å². The molecular weight excluding hydrogens is 230 g/mol. The summed E-state index contributed by atoms with van der Waals surface area (Å²) >= 11 is 0. The van der Waals surface area contributed by atoms with Gasteiger partial charge in [-0.2, -0.15) is 0 Å². The van der Waals surface area contributed by atoms with Crippen molar-refractivity contribution in [1.29, 1.82) is 0 Å². The van der Waals surface area contributed by atoms with E-state index in [0.29, 0.717) is 12.8 Å². The van der Waals surface area contributed by atoms with Crippen LogP contribution in [0.2, 0.25) is 0 Å². The van der Waals surface area contributed by atoms with E-state index in [1.54, 1.807) is 0 Å². The predicted molar refractivity (Wildman–Crippen MR) is 66.8 cm³/mol. The van der Waals surface area contributed by atoms with Gasteiger partial charge in [-0.05, 0) is 32.1 Å². The molecule has 4 nitrogen and oxygen atoms in total. The quantitative estimate of drug-likeness (QED) is 0.597. The second-order valence-electron chi connectivity index (χ2n) is 6.65. The smallest absolute Gasteiger partial charge is 0.234 e. The summed E-state index contributed by atoms with van der Waals surface area (Å²) in [4.78, 5) is 37.0. The van der Waals surface area contributed by atoms with E-state index in [1.165, 1.54) is 0 Å². The molecule has 18 heavy (non-hydrogen) atoms. The Morgan fingerprint density at radius 3 is 2.06 bits per heavy atom. The molecule has 2 bridgehead atoms. The van der Waals surface area contributed by atoms with E-state index in [9.17, 15) is 14.4 Å². The van der Waals surface area contributed by atoms with Gasteiger partial charge >= 0.3 is 0 Å². The lowest BCUT2D eigenvalue weighted by molar-refractivity contribution is -0.149. The molecular formula is C14H21NO3. The molecule has 2 aliphatic carbocycles. The molecule has 4 heteroatoms. The van der Waals surface area contributed by atoms with Crippen molar-refractivity contribution >= 4 is 17.5 Å². The van der Waals surface area contributed by atoms with Crippen LogP contribution in [0.25, 0.3) is 0 Å². The van der Waals surface area contributed by atoms with Crippen LogP contribution < -0.4 is 5.32 Å². The van der Waals surface area contributed by atoms with Crippen LogP contribution in [0.1, 0.15) is 47.5 Å². The van der Waals surface area contributed by atoms with Gasteiger partial charge < -0.3 is 5.32 Å². The standard InChI is InChI=1S/C14H21NO3/c1-8(2)15-11(18)14-7-6-13(5,12(14,3)4)9(16)10(14)17/h8H,6-7H2,1-5H3,(H,15,18)/t13-,14+/m1/s1. The van der Waals surface area contributed by atoms with Crippen LogP contribution in [0.3, 0.4) is 0 Å². The van der Waals surface area contributed by atoms with Crippen LogP contribution in [-0.4, -0.2) is 23.5 Å². The number of carbonyl (C=O) groups excluding carboxylic acids is 3. The number of amides is 1. The van der Waals surface area contributed by atoms with Crippen molar-refractivity contribution in [3.63, 3.8) is 0 Å². The second-order valence-corrected chi connectivity index (χ2v) is 6.65. The monoisotopic (exact) mass is 251 g/mol. The van der Waals surface area contributed by atoms with Gasteiger partial charge in [0.1, 0.15) is 5.41 Å². The summed E-state index contributed by atoms with van der Waals surface area (Å²) in [7, 11) is 0. The fourth-order valence-electron chi connectivity index (χ4n) is 3.66. The lowest BCUT2D eigenvalue weighted by atomic mass is 9.64. The molecule has 0 aromatic carbocycles. The van der Waals surface area contributed by atoms with E-state index >= 15 is 0 Å². The number of rotatable bonds is 2. The van der Waals surface area contributed by atoms with Gasteiger partial charge in [-0.25, -0.2) is 0 Å². The van der Waals surface area contributed by atoms with E-state index in [1.807, 2.05) is 34.6 Å². The Hall–Kier alpha value is -1.19. The summed E-state index contributed by atoms with van der Waals surface area (Å²) < 4.78 is 0. The Morgan fingerprint density at radius 1 is 1.11 bits per heavy atom. The molecule has 0 aromatic rings. The summed E-state index contributed by atoms with van der Waals surface area (Å²) in [6.45, 7) is 9.30. The van der Waals surface area contributed by atoms with Gasteiger partial charge in [0, 0.05) is 11.5 Å². The van der Waals surface area contributed by atoms with Gasteiger partial charge in [-0.1, -0.05) is 20.8 Å². The molecule has 2 rings (SSSR count). The van der Waals surface area contributed by atoms with E-state index in [4.69, 9.17) is 0 Å². The predicted octanol–water partition coefficient (Wildman–Crippen LogP) is 1.48. The Labute approximate surface area is 108 Å². The van der Waals surface area contributed by atoms with Crippen LogP contribution in [0.5, 0.6) is 0 Å². The largest absolute Gasteiger partial charge is 0.353 e. The van der Waals surface area contributed by atoms with Crippen LogP contribution in [0.15, 0.2) is 0 Å². The summed E-state index contributed by atoms with van der Waals surface area (Å²) in [5.74, 6) is -1.13. The fourth-order valence-corrected chi connectivity index (χ4v) is 3.66. The van der Waals surface area contributed by atoms with Crippen LogP contribution in [-0.2, 0) is 14.4 Å². The lowest BCUT2D eigenvalue weighted by Crippen LogP contribution is -2.52. The van der Waals surface area contributed by atoms with Crippen molar-refractivity contribution in [2.24, 2.45) is 16.2 Å². The average molecular weight is 251 g/mol. The van der Waals surface area contributed by atoms with Gasteiger partial charge in [0.05, 0.1) is 0 Å². The maximum Gasteiger partial charge on any atom is 0.234 e. The second kappa shape index (κ2) is 3.43. The zero-order valence-corrected chi connectivity index (χ0v) is 11.7. The normalized spacial score (nSPS) is 37.4. The highest BCUT2D eigenvalue weighted by molar-refractivity contribution is 6.48. The molecule has 1 amide bonds. The van der Waals surface area contributed by atoms with Gasteiger partial charge in [0.2, 0.25) is 17.5 Å². The minimum atomic E-state index is -1.15. The number of carbonyl (C=O) groups is 3. The molecule has 0 radical (unpaired) electrons. The van der Waals surface area contributed by atoms with Crippen LogP contribution in [0, 0.1) is 16.2 Å². The van der Waals surface area contributed by atoms with E-state index in [2.05, 4.69) is 5.32 Å². The third-order valence-electron chi connectivity index (χ3n) is 5.35. The maximum absolute atomic E-state index is 12.5. The summed E-state index contributed by atoms with van der Waals surface area (Å²) in [6.07, 6.45) is 1.11. The van der Waals surface area contributed by atoms with Gasteiger partial charge in [-0.3, -0.25) is 14.4 Å². The summed E-state index contributed by atoms with van der Waals surface area (Å²) in [5.41, 5.74) is -2.44. The third kappa shape index (κ3) is 1.14. The SMILES string of the molecule is CC(C)NC(=O)[C@]12CC[C@](C)(C(=O)C1=O)C2(C)C. The van der Waals surface area contributed by atoms with Crippen molar-refractivity contribution in [2.45, 2.75) is 53.5 Å². The minimum Gasteiger partial charge on any atom is -0.353 e. The highest BCUT2D eigenvalue weighted by atomic mass is 16.2. The van der Waals surface area contributed by atoms with E-state index in [-0.39, 0.29) is 17.7 Å². The Balaban J connectivity index is 2.53. The molecule has 100 valence electrons. The first kappa shape index (κ1) is 13.2. The number of Topliss-reactive ketones (excluding diaryl/α,β-unsaturated/α-hetero) is 2. The van der Waals surface area contributed by atoms with Gasteiger partial charge in [-0.15, -0.1) is 0 Å². The van der Waals surface area contributed by atoms with Crippen molar-refractivity contribution < 1.29 is 14.4 Å². The highest BCUT2D eigenvalue weighted by Gasteiger charge is 2.77. The first-order valence-electron chi connectivity index (χ1n) is 6.51. The zero-order chi connectivity index (χ0) is 13.9. The molecule has 0 heterocycles. The Kier molecular flexibility index (Phi) is 2.52. The third-order valence-corrected chi connectivity index (χ3v) is 5.35. The number of hydrogen-bond donors (Lipinski definition) is 1. The molecule has 0 saturated heterocycles. The highest BCUT2D eigenvalue weighted by Crippen LogP contribution is 2.68. The van der Waals surface area contributed by atoms with Crippen molar-refractivity contribution in [2.75, 3.05) is 0 Å². The summed E-state index contributed by atoms with van der Waals surface area (Å²) in [6, 6.07) is -0.0296. The minimum absolute atomic E-state index is 0.0296. The lowest BCUT2D eigenvalue weighted by Gasteiger charge is -2.37. The number of nitrogens with one attached hydrogen (secondary N) is 1. The molecule has 0 aliphatic heterocycles. The number of ketones is 2. The molecule has 2 atom stereocenters. The summed E-state index contributed by atoms with van der Waals surface area (Å²) in [5, 5.41) is 2.81. The zero-order valence-electron chi connectivity index (χ0n) is 11.7. The molecule has 2 saturated carbocycles. The molecule has 1 N–H and O–H groups in total. The van der Waals surface area contributed by atoms with Crippen LogP contribution >= 0.6 is 0 Å². The topological polar surface area (TPSA) is 63.2 Å². The van der Waals surface area contributed by atoms with E-state index in [0.717, 1.165) is 0 Å². The van der Waals surface area contributed by atoms with Crippen molar-refractivity contribution in [3.8, 4) is 0 Å². The van der Waals surface area contributed by atoms with E-state index < -0.39 is 22.0 Å². The maximum atomic E-state index is 12.5. The van der Waals surface area contributed by atoms with Crippen LogP contribution in [0.4, 0.5) is 0 Å². The van der Waals surface area contributed by atoms with Gasteiger partial charge in [0.15, 0.2) is 0 Å². The molecule has 0 unspecified atom stereocenters. The molecule has 2 fully saturated rings. The average Bonchev–Trinajstić information content (AvgIpc) is 2.51. The fraction of sp³-hybridized carbons (Fsp3) is 0.786. The molecule has 0 aromatic heterocycles. The Morgan fingerprint density at radius 2 is 1.67 bits per heavy atom. The molecule has 0 spiro atoms. The molecule has 2 aliphatic rings. The van der Waals surface area contributed by atoms with Gasteiger partial charge in [0.25, 0.3) is 0 Å². The first-order chi connectivity index (χ1) is 8.11.